The van der Waals surface area contributed by atoms with Crippen LogP contribution in [0.4, 0.5) is 0 Å². The number of nitrogens with zero attached hydrogens (tertiary/aromatic N) is 1. The van der Waals surface area contributed by atoms with Gasteiger partial charge < -0.3 is 9.64 Å². The summed E-state index contributed by atoms with van der Waals surface area (Å²) in [7, 11) is 0. The maximum Gasteiger partial charge on any atom is 0.285 e. The van der Waals surface area contributed by atoms with Crippen LogP contribution in [-0.4, -0.2) is 17.0 Å². The molecule has 0 saturated carbocycles. The molecule has 1 heterocycles. The zero-order chi connectivity index (χ0) is 14.8. The molecule has 2 aromatic carbocycles. The normalized spacial score (nSPS) is 13.4. The second-order valence-electron chi connectivity index (χ2n) is 5.64. The third-order valence-corrected chi connectivity index (χ3v) is 3.68. The van der Waals surface area contributed by atoms with Crippen LogP contribution in [0.2, 0.25) is 0 Å². The van der Waals surface area contributed by atoms with Crippen LogP contribution in [0.3, 0.4) is 0 Å². The highest BCUT2D eigenvalue weighted by Gasteiger charge is 2.21. The third kappa shape index (κ3) is 2.77. The molecular weight excluding hydrogens is 260 g/mol. The van der Waals surface area contributed by atoms with Crippen molar-refractivity contribution in [2.24, 2.45) is 0 Å². The van der Waals surface area contributed by atoms with Crippen molar-refractivity contribution in [3.63, 3.8) is 0 Å². The van der Waals surface area contributed by atoms with Crippen molar-refractivity contribution in [1.29, 1.82) is 5.41 Å². The average Bonchev–Trinajstić information content (AvgIpc) is 2.63. The number of ether oxygens (including phenoxy) is 1. The summed E-state index contributed by atoms with van der Waals surface area (Å²) in [5, 5.41) is 8.20. The topological polar surface area (TPSA) is 36.3 Å². The van der Waals surface area contributed by atoms with Gasteiger partial charge >= 0.3 is 0 Å². The zero-order valence-electron chi connectivity index (χ0n) is 12.5. The number of benzene rings is 2. The molecular formula is C18H20N2O. The van der Waals surface area contributed by atoms with Crippen LogP contribution in [0, 0.1) is 5.41 Å². The first kappa shape index (κ1) is 13.7. The van der Waals surface area contributed by atoms with Crippen molar-refractivity contribution in [3.05, 3.63) is 59.7 Å². The molecule has 108 valence electrons. The Kier molecular flexibility index (Phi) is 3.65. The lowest BCUT2D eigenvalue weighted by atomic mass is 9.97. The quantitative estimate of drug-likeness (QED) is 0.632. The van der Waals surface area contributed by atoms with Crippen LogP contribution in [0.5, 0.6) is 0 Å². The van der Waals surface area contributed by atoms with Gasteiger partial charge in [-0.25, -0.2) is 0 Å². The smallest absolute Gasteiger partial charge is 0.285 e. The average molecular weight is 280 g/mol. The Labute approximate surface area is 125 Å². The summed E-state index contributed by atoms with van der Waals surface area (Å²) in [4.78, 5) is 1.99. The van der Waals surface area contributed by atoms with Crippen molar-refractivity contribution in [3.8, 4) is 11.1 Å². The Morgan fingerprint density at radius 3 is 1.90 bits per heavy atom. The molecule has 0 fully saturated rings. The van der Waals surface area contributed by atoms with Gasteiger partial charge in [0.1, 0.15) is 0 Å². The molecule has 3 rings (SSSR count). The first-order valence-corrected chi connectivity index (χ1v) is 7.31. The van der Waals surface area contributed by atoms with E-state index in [1.54, 1.807) is 0 Å². The molecule has 2 aromatic rings. The minimum absolute atomic E-state index is 0.0197. The molecule has 0 radical (unpaired) electrons. The van der Waals surface area contributed by atoms with E-state index in [9.17, 15) is 0 Å². The van der Waals surface area contributed by atoms with E-state index in [0.29, 0.717) is 13.1 Å². The largest absolute Gasteiger partial charge is 0.463 e. The molecule has 1 aliphatic heterocycles. The molecule has 3 nitrogen and oxygen atoms in total. The minimum atomic E-state index is 0.0197. The second kappa shape index (κ2) is 5.60. The van der Waals surface area contributed by atoms with Gasteiger partial charge in [0.25, 0.3) is 6.02 Å². The van der Waals surface area contributed by atoms with Gasteiger partial charge in [0.15, 0.2) is 0 Å². The van der Waals surface area contributed by atoms with E-state index in [2.05, 4.69) is 48.5 Å². The standard InChI is InChI=1S/C18H20N2O/c1-13(2)21-18(19)20-11-14-7-3-5-9-16(14)17-10-6-4-8-15(17)12-20/h3-10,13,19H,11-12H2,1-2H3. The number of nitrogens with one attached hydrogen (secondary N) is 1. The van der Waals surface area contributed by atoms with Gasteiger partial charge in [0, 0.05) is 13.1 Å². The van der Waals surface area contributed by atoms with Gasteiger partial charge in [-0.3, -0.25) is 5.41 Å². The third-order valence-electron chi connectivity index (χ3n) is 3.68. The molecule has 0 saturated heterocycles. The van der Waals surface area contributed by atoms with Crippen molar-refractivity contribution < 1.29 is 4.74 Å². The number of rotatable bonds is 1. The first-order chi connectivity index (χ1) is 10.1. The SMILES string of the molecule is CC(C)OC(=N)N1Cc2ccccc2-c2ccccc2C1. The van der Waals surface area contributed by atoms with Crippen molar-refractivity contribution in [2.75, 3.05) is 0 Å². The molecule has 0 amide bonds. The molecule has 0 aromatic heterocycles. The van der Waals surface area contributed by atoms with Gasteiger partial charge in [-0.05, 0) is 36.1 Å². The summed E-state index contributed by atoms with van der Waals surface area (Å²) in [6.45, 7) is 5.31. The first-order valence-electron chi connectivity index (χ1n) is 7.31. The van der Waals surface area contributed by atoms with Crippen molar-refractivity contribution >= 4 is 6.02 Å². The summed E-state index contributed by atoms with van der Waals surface area (Å²) in [6.07, 6.45) is 0.0197. The second-order valence-corrected chi connectivity index (χ2v) is 5.64. The van der Waals surface area contributed by atoms with Gasteiger partial charge in [-0.2, -0.15) is 0 Å². The summed E-state index contributed by atoms with van der Waals surface area (Å²) < 4.78 is 5.58. The lowest BCUT2D eigenvalue weighted by Gasteiger charge is -2.25. The Morgan fingerprint density at radius 1 is 0.952 bits per heavy atom. The zero-order valence-corrected chi connectivity index (χ0v) is 12.5. The van der Waals surface area contributed by atoms with Crippen LogP contribution < -0.4 is 0 Å². The van der Waals surface area contributed by atoms with Crippen molar-refractivity contribution in [1.82, 2.24) is 4.90 Å². The molecule has 21 heavy (non-hydrogen) atoms. The van der Waals surface area contributed by atoms with Crippen LogP contribution in [0.25, 0.3) is 11.1 Å². The monoisotopic (exact) mass is 280 g/mol. The highest BCUT2D eigenvalue weighted by atomic mass is 16.5. The summed E-state index contributed by atoms with van der Waals surface area (Å²) in [6, 6.07) is 17.1. The molecule has 1 N–H and O–H groups in total. The maximum atomic E-state index is 8.20. The molecule has 3 heteroatoms. The Balaban J connectivity index is 2.03. The van der Waals surface area contributed by atoms with E-state index in [0.717, 1.165) is 0 Å². The van der Waals surface area contributed by atoms with E-state index in [1.807, 2.05) is 18.7 Å². The highest BCUT2D eigenvalue weighted by molar-refractivity contribution is 5.76. The summed E-state index contributed by atoms with van der Waals surface area (Å²) in [5.74, 6) is 0. The maximum absolute atomic E-state index is 8.20. The van der Waals surface area contributed by atoms with E-state index >= 15 is 0 Å². The Bertz CT molecular complexity index is 616. The number of hydrogen-bond acceptors (Lipinski definition) is 2. The van der Waals surface area contributed by atoms with Crippen molar-refractivity contribution in [2.45, 2.75) is 33.0 Å². The molecule has 0 aliphatic carbocycles. The lowest BCUT2D eigenvalue weighted by Crippen LogP contribution is -2.32. The highest BCUT2D eigenvalue weighted by Crippen LogP contribution is 2.32. The molecule has 0 unspecified atom stereocenters. The molecule has 0 spiro atoms. The lowest BCUT2D eigenvalue weighted by molar-refractivity contribution is 0.169. The minimum Gasteiger partial charge on any atom is -0.463 e. The van der Waals surface area contributed by atoms with Gasteiger partial charge in [-0.1, -0.05) is 48.5 Å². The predicted octanol–water partition coefficient (Wildman–Crippen LogP) is 4.03. The van der Waals surface area contributed by atoms with Gasteiger partial charge in [-0.15, -0.1) is 0 Å². The van der Waals surface area contributed by atoms with E-state index in [1.165, 1.54) is 22.3 Å². The van der Waals surface area contributed by atoms with Gasteiger partial charge in [0.05, 0.1) is 6.10 Å². The van der Waals surface area contributed by atoms with Crippen LogP contribution in [-0.2, 0) is 17.8 Å². The molecule has 0 atom stereocenters. The number of amidine groups is 1. The van der Waals surface area contributed by atoms with E-state index in [-0.39, 0.29) is 12.1 Å². The number of fused-ring (bicyclic) bond motifs is 3. The Morgan fingerprint density at radius 2 is 1.43 bits per heavy atom. The number of hydrogen-bond donors (Lipinski definition) is 1. The predicted molar refractivity (Wildman–Crippen MR) is 85.1 cm³/mol. The summed E-state index contributed by atoms with van der Waals surface area (Å²) in [5.41, 5.74) is 4.99. The molecule has 1 aliphatic rings. The fraction of sp³-hybridized carbons (Fsp3) is 0.278. The van der Waals surface area contributed by atoms with Crippen LogP contribution >= 0.6 is 0 Å². The van der Waals surface area contributed by atoms with Crippen LogP contribution in [0.15, 0.2) is 48.5 Å². The summed E-state index contributed by atoms with van der Waals surface area (Å²) >= 11 is 0. The fourth-order valence-corrected chi connectivity index (χ4v) is 2.75. The molecule has 0 bridgehead atoms. The Hall–Kier alpha value is -2.29. The van der Waals surface area contributed by atoms with E-state index in [4.69, 9.17) is 10.1 Å². The fourth-order valence-electron chi connectivity index (χ4n) is 2.75. The van der Waals surface area contributed by atoms with E-state index < -0.39 is 0 Å². The van der Waals surface area contributed by atoms with Crippen LogP contribution in [0.1, 0.15) is 25.0 Å². The van der Waals surface area contributed by atoms with Gasteiger partial charge in [0.2, 0.25) is 0 Å².